The van der Waals surface area contributed by atoms with Crippen molar-refractivity contribution in [3.63, 3.8) is 0 Å². The molecule has 0 fully saturated rings. The Bertz CT molecular complexity index is 755. The predicted molar refractivity (Wildman–Crippen MR) is 86.5 cm³/mol. The molecule has 4 nitrogen and oxygen atoms in total. The van der Waals surface area contributed by atoms with Crippen molar-refractivity contribution in [1.82, 2.24) is 4.37 Å². The number of hydrogen-bond donors (Lipinski definition) is 1. The van der Waals surface area contributed by atoms with Crippen molar-refractivity contribution in [2.45, 2.75) is 6.54 Å². The van der Waals surface area contributed by atoms with Crippen molar-refractivity contribution in [2.75, 3.05) is 19.5 Å². The Hall–Kier alpha value is -2.27. The summed E-state index contributed by atoms with van der Waals surface area (Å²) in [5, 5.41) is 5.67. The highest BCUT2D eigenvalue weighted by molar-refractivity contribution is 7.11. The number of ether oxygens (including phenoxy) is 2. The molecule has 3 aromatic rings. The van der Waals surface area contributed by atoms with Gasteiger partial charge in [0.2, 0.25) is 0 Å². The van der Waals surface area contributed by atoms with Gasteiger partial charge in [-0.1, -0.05) is 18.2 Å². The predicted octanol–water partition coefficient (Wildman–Crippen LogP) is 3.93. The maximum absolute atomic E-state index is 5.32. The van der Waals surface area contributed by atoms with Gasteiger partial charge in [-0.3, -0.25) is 0 Å². The van der Waals surface area contributed by atoms with E-state index in [2.05, 4.69) is 15.8 Å². The Morgan fingerprint density at radius 3 is 2.67 bits per heavy atom. The van der Waals surface area contributed by atoms with Crippen LogP contribution in [0.15, 0.2) is 42.5 Å². The molecule has 5 heteroatoms. The molecule has 108 valence electrons. The number of nitrogens with one attached hydrogen (secondary N) is 1. The number of nitrogens with zero attached hydrogens (tertiary/aromatic N) is 1. The molecule has 0 atom stereocenters. The summed E-state index contributed by atoms with van der Waals surface area (Å²) in [5.41, 5.74) is 2.16. The first-order chi connectivity index (χ1) is 10.3. The summed E-state index contributed by atoms with van der Waals surface area (Å²) < 4.78 is 15.0. The Balaban J connectivity index is 1.78. The van der Waals surface area contributed by atoms with E-state index < -0.39 is 0 Å². The highest BCUT2D eigenvalue weighted by Crippen LogP contribution is 2.30. The van der Waals surface area contributed by atoms with E-state index >= 15 is 0 Å². The highest BCUT2D eigenvalue weighted by Gasteiger charge is 2.07. The number of hydrogen-bond acceptors (Lipinski definition) is 5. The van der Waals surface area contributed by atoms with Crippen LogP contribution in [0.25, 0.3) is 10.9 Å². The maximum Gasteiger partial charge on any atom is 0.161 e. The van der Waals surface area contributed by atoms with Crippen molar-refractivity contribution in [1.29, 1.82) is 0 Å². The average molecular weight is 300 g/mol. The molecule has 0 amide bonds. The van der Waals surface area contributed by atoms with E-state index in [1.165, 1.54) is 11.5 Å². The number of aromatic nitrogens is 1. The van der Waals surface area contributed by atoms with Crippen LogP contribution < -0.4 is 14.8 Å². The second kappa shape index (κ2) is 6.01. The Labute approximate surface area is 127 Å². The zero-order valence-electron chi connectivity index (χ0n) is 11.9. The highest BCUT2D eigenvalue weighted by atomic mass is 32.1. The SMILES string of the molecule is COc1ccc(CNc2snc3ccccc23)cc1OC. The van der Waals surface area contributed by atoms with Gasteiger partial charge in [0.1, 0.15) is 5.00 Å². The molecule has 21 heavy (non-hydrogen) atoms. The average Bonchev–Trinajstić information content (AvgIpc) is 2.96. The van der Waals surface area contributed by atoms with Gasteiger partial charge in [-0.25, -0.2) is 0 Å². The topological polar surface area (TPSA) is 43.4 Å². The molecule has 0 aliphatic carbocycles. The van der Waals surface area contributed by atoms with Gasteiger partial charge in [-0.15, -0.1) is 0 Å². The summed E-state index contributed by atoms with van der Waals surface area (Å²) in [6.07, 6.45) is 0. The van der Waals surface area contributed by atoms with E-state index in [0.717, 1.165) is 33.0 Å². The maximum atomic E-state index is 5.32. The third-order valence-corrected chi connectivity index (χ3v) is 4.12. The zero-order valence-corrected chi connectivity index (χ0v) is 12.7. The first kappa shape index (κ1) is 13.7. The van der Waals surface area contributed by atoms with Crippen LogP contribution in [0.4, 0.5) is 5.00 Å². The van der Waals surface area contributed by atoms with Crippen molar-refractivity contribution in [3.05, 3.63) is 48.0 Å². The Kier molecular flexibility index (Phi) is 3.92. The van der Waals surface area contributed by atoms with E-state index in [9.17, 15) is 0 Å². The van der Waals surface area contributed by atoms with E-state index in [1.54, 1.807) is 14.2 Å². The lowest BCUT2D eigenvalue weighted by molar-refractivity contribution is 0.354. The largest absolute Gasteiger partial charge is 0.493 e. The first-order valence-corrected chi connectivity index (χ1v) is 7.38. The van der Waals surface area contributed by atoms with Gasteiger partial charge in [0.25, 0.3) is 0 Å². The zero-order chi connectivity index (χ0) is 14.7. The standard InChI is InChI=1S/C16H16N2O2S/c1-19-14-8-7-11(9-15(14)20-2)10-17-16-12-5-3-4-6-13(12)18-21-16/h3-9,17H,10H2,1-2H3. The fraction of sp³-hybridized carbons (Fsp3) is 0.188. The minimum atomic E-state index is 0.715. The van der Waals surface area contributed by atoms with Crippen LogP contribution in [0.3, 0.4) is 0 Å². The van der Waals surface area contributed by atoms with Crippen LogP contribution in [-0.4, -0.2) is 18.6 Å². The Morgan fingerprint density at radius 2 is 1.86 bits per heavy atom. The lowest BCUT2D eigenvalue weighted by Crippen LogP contribution is -1.99. The van der Waals surface area contributed by atoms with Gasteiger partial charge in [0, 0.05) is 11.9 Å². The number of benzene rings is 2. The number of fused-ring (bicyclic) bond motifs is 1. The normalized spacial score (nSPS) is 10.6. The van der Waals surface area contributed by atoms with Crippen LogP contribution in [-0.2, 0) is 6.54 Å². The molecule has 0 bridgehead atoms. The fourth-order valence-electron chi connectivity index (χ4n) is 2.19. The lowest BCUT2D eigenvalue weighted by atomic mass is 10.2. The molecular weight excluding hydrogens is 284 g/mol. The van der Waals surface area contributed by atoms with Crippen molar-refractivity contribution < 1.29 is 9.47 Å². The second-order valence-electron chi connectivity index (χ2n) is 4.57. The van der Waals surface area contributed by atoms with E-state index in [-0.39, 0.29) is 0 Å². The van der Waals surface area contributed by atoms with Gasteiger partial charge in [-0.2, -0.15) is 4.37 Å². The molecule has 0 saturated carbocycles. The summed E-state index contributed by atoms with van der Waals surface area (Å²) in [6.45, 7) is 0.715. The van der Waals surface area contributed by atoms with Crippen LogP contribution >= 0.6 is 11.5 Å². The molecule has 0 spiro atoms. The third-order valence-electron chi connectivity index (χ3n) is 3.28. The molecule has 0 saturated heterocycles. The van der Waals surface area contributed by atoms with Gasteiger partial charge < -0.3 is 14.8 Å². The molecule has 0 aliphatic rings. The van der Waals surface area contributed by atoms with Gasteiger partial charge >= 0.3 is 0 Å². The molecule has 1 heterocycles. The van der Waals surface area contributed by atoms with Gasteiger partial charge in [0.05, 0.1) is 19.7 Å². The van der Waals surface area contributed by atoms with Crippen LogP contribution in [0.1, 0.15) is 5.56 Å². The van der Waals surface area contributed by atoms with Crippen LogP contribution in [0, 0.1) is 0 Å². The summed E-state index contributed by atoms with van der Waals surface area (Å²) in [6, 6.07) is 14.1. The number of anilines is 1. The molecule has 0 radical (unpaired) electrons. The number of rotatable bonds is 5. The quantitative estimate of drug-likeness (QED) is 0.775. The molecule has 3 rings (SSSR count). The van der Waals surface area contributed by atoms with E-state index in [1.807, 2.05) is 36.4 Å². The molecule has 1 aromatic heterocycles. The smallest absolute Gasteiger partial charge is 0.161 e. The van der Waals surface area contributed by atoms with Crippen LogP contribution in [0.2, 0.25) is 0 Å². The summed E-state index contributed by atoms with van der Waals surface area (Å²) in [4.78, 5) is 0. The molecule has 2 aromatic carbocycles. The molecule has 1 N–H and O–H groups in total. The Morgan fingerprint density at radius 1 is 1.05 bits per heavy atom. The monoisotopic (exact) mass is 300 g/mol. The summed E-state index contributed by atoms with van der Waals surface area (Å²) in [5.74, 6) is 1.48. The number of methoxy groups -OCH3 is 2. The minimum Gasteiger partial charge on any atom is -0.493 e. The summed E-state index contributed by atoms with van der Waals surface area (Å²) >= 11 is 1.48. The van der Waals surface area contributed by atoms with Gasteiger partial charge in [0.15, 0.2) is 11.5 Å². The van der Waals surface area contributed by atoms with E-state index in [0.29, 0.717) is 6.54 Å². The first-order valence-electron chi connectivity index (χ1n) is 6.61. The lowest BCUT2D eigenvalue weighted by Gasteiger charge is -2.10. The third kappa shape index (κ3) is 2.78. The minimum absolute atomic E-state index is 0.715. The fourth-order valence-corrected chi connectivity index (χ4v) is 2.95. The van der Waals surface area contributed by atoms with Gasteiger partial charge in [-0.05, 0) is 41.4 Å². The van der Waals surface area contributed by atoms with E-state index in [4.69, 9.17) is 9.47 Å². The second-order valence-corrected chi connectivity index (χ2v) is 5.35. The van der Waals surface area contributed by atoms with Crippen molar-refractivity contribution in [3.8, 4) is 11.5 Å². The van der Waals surface area contributed by atoms with Crippen molar-refractivity contribution in [2.24, 2.45) is 0 Å². The molecule has 0 unspecified atom stereocenters. The molecular formula is C16H16N2O2S. The summed E-state index contributed by atoms with van der Waals surface area (Å²) in [7, 11) is 3.28. The molecule has 0 aliphatic heterocycles. The van der Waals surface area contributed by atoms with Crippen molar-refractivity contribution >= 4 is 27.4 Å². The van der Waals surface area contributed by atoms with Crippen LogP contribution in [0.5, 0.6) is 11.5 Å².